The number of para-hydroxylation sites is 1. The van der Waals surface area contributed by atoms with Crippen LogP contribution in [-0.2, 0) is 6.54 Å². The average molecular weight is 518 g/mol. The molecule has 6 nitrogen and oxygen atoms in total. The van der Waals surface area contributed by atoms with Gasteiger partial charge in [0.05, 0.1) is 11.4 Å². The van der Waals surface area contributed by atoms with Crippen LogP contribution in [0.25, 0.3) is 10.8 Å². The number of guanidine groups is 1. The van der Waals surface area contributed by atoms with Gasteiger partial charge >= 0.3 is 0 Å². The number of ether oxygens (including phenoxy) is 1. The molecule has 0 radical (unpaired) electrons. The summed E-state index contributed by atoms with van der Waals surface area (Å²) in [5.41, 5.74) is 7.50. The van der Waals surface area contributed by atoms with Crippen LogP contribution in [0.2, 0.25) is 0 Å². The standard InChI is InChI=1S/C21H18N4O2S.HI/c22-21(23-13-16-14-26-20(24-16)19-10-5-11-28-19)25-15-6-4-9-18(12-15)27-17-7-2-1-3-8-17;/h1-12,14H,13H2,(H3,22,23,25);1H. The monoisotopic (exact) mass is 518 g/mol. The molecule has 0 saturated heterocycles. The lowest BCUT2D eigenvalue weighted by Crippen LogP contribution is -2.22. The molecular weight excluding hydrogens is 499 g/mol. The van der Waals surface area contributed by atoms with Gasteiger partial charge in [-0.3, -0.25) is 0 Å². The van der Waals surface area contributed by atoms with Crippen molar-refractivity contribution in [2.45, 2.75) is 6.54 Å². The topological polar surface area (TPSA) is 85.7 Å². The Morgan fingerprint density at radius 1 is 1.07 bits per heavy atom. The number of rotatable bonds is 6. The molecule has 0 aliphatic carbocycles. The predicted octanol–water partition coefficient (Wildman–Crippen LogP) is 5.74. The molecule has 2 heterocycles. The van der Waals surface area contributed by atoms with Crippen molar-refractivity contribution in [2.75, 3.05) is 5.32 Å². The largest absolute Gasteiger partial charge is 0.457 e. The molecule has 2 aromatic carbocycles. The van der Waals surface area contributed by atoms with E-state index in [1.54, 1.807) is 17.6 Å². The first-order valence-corrected chi connectivity index (χ1v) is 9.52. The Morgan fingerprint density at radius 2 is 1.90 bits per heavy atom. The second kappa shape index (κ2) is 10.1. The second-order valence-corrected chi connectivity index (χ2v) is 6.84. The highest BCUT2D eigenvalue weighted by Gasteiger charge is 2.07. The number of hydrogen-bond acceptors (Lipinski definition) is 5. The molecule has 0 amide bonds. The molecule has 2 aromatic heterocycles. The van der Waals surface area contributed by atoms with Crippen LogP contribution in [0.4, 0.5) is 5.69 Å². The molecular formula is C21H19IN4O2S. The third-order valence-corrected chi connectivity index (χ3v) is 4.64. The maximum atomic E-state index is 6.00. The normalized spacial score (nSPS) is 11.0. The van der Waals surface area contributed by atoms with E-state index in [9.17, 15) is 0 Å². The van der Waals surface area contributed by atoms with E-state index in [-0.39, 0.29) is 29.9 Å². The van der Waals surface area contributed by atoms with Crippen molar-refractivity contribution in [3.63, 3.8) is 0 Å². The molecule has 148 valence electrons. The first-order valence-electron chi connectivity index (χ1n) is 8.64. The molecule has 0 spiro atoms. The van der Waals surface area contributed by atoms with Gasteiger partial charge in [0.2, 0.25) is 5.89 Å². The van der Waals surface area contributed by atoms with Crippen molar-refractivity contribution in [2.24, 2.45) is 10.7 Å². The maximum absolute atomic E-state index is 6.00. The van der Waals surface area contributed by atoms with E-state index in [0.29, 0.717) is 23.9 Å². The van der Waals surface area contributed by atoms with Crippen LogP contribution in [0, 0.1) is 0 Å². The van der Waals surface area contributed by atoms with Crippen LogP contribution in [-0.4, -0.2) is 10.9 Å². The van der Waals surface area contributed by atoms with Gasteiger partial charge < -0.3 is 20.2 Å². The van der Waals surface area contributed by atoms with Gasteiger partial charge in [0.15, 0.2) is 5.96 Å². The molecule has 0 aliphatic heterocycles. The number of halogens is 1. The highest BCUT2D eigenvalue weighted by atomic mass is 127. The zero-order valence-corrected chi connectivity index (χ0v) is 18.5. The number of aromatic nitrogens is 1. The number of benzene rings is 2. The van der Waals surface area contributed by atoms with Crippen molar-refractivity contribution in [1.82, 2.24) is 4.98 Å². The van der Waals surface area contributed by atoms with E-state index in [1.165, 1.54) is 0 Å². The van der Waals surface area contributed by atoms with Crippen LogP contribution in [0.5, 0.6) is 11.5 Å². The molecule has 0 atom stereocenters. The van der Waals surface area contributed by atoms with Gasteiger partial charge in [-0.2, -0.15) is 0 Å². The molecule has 4 rings (SSSR count). The first kappa shape index (κ1) is 20.9. The summed E-state index contributed by atoms with van der Waals surface area (Å²) in [5, 5.41) is 5.05. The van der Waals surface area contributed by atoms with E-state index in [1.807, 2.05) is 72.1 Å². The van der Waals surface area contributed by atoms with Crippen LogP contribution in [0.1, 0.15) is 5.69 Å². The van der Waals surface area contributed by atoms with Crippen LogP contribution in [0.3, 0.4) is 0 Å². The van der Waals surface area contributed by atoms with Crippen molar-refractivity contribution in [3.8, 4) is 22.3 Å². The molecule has 0 unspecified atom stereocenters. The van der Waals surface area contributed by atoms with Crippen LogP contribution in [0.15, 0.2) is 87.8 Å². The zero-order valence-electron chi connectivity index (χ0n) is 15.3. The number of nitrogens with zero attached hydrogens (tertiary/aromatic N) is 2. The number of anilines is 1. The van der Waals surface area contributed by atoms with Crippen molar-refractivity contribution in [1.29, 1.82) is 0 Å². The smallest absolute Gasteiger partial charge is 0.236 e. The van der Waals surface area contributed by atoms with Crippen molar-refractivity contribution in [3.05, 3.63) is 84.1 Å². The Kier molecular flexibility index (Phi) is 7.25. The highest BCUT2D eigenvalue weighted by Crippen LogP contribution is 2.25. The van der Waals surface area contributed by atoms with Crippen LogP contribution >= 0.6 is 35.3 Å². The number of nitrogens with one attached hydrogen (secondary N) is 1. The Balaban J connectivity index is 0.00000240. The minimum atomic E-state index is 0. The fourth-order valence-electron chi connectivity index (χ4n) is 2.51. The molecule has 29 heavy (non-hydrogen) atoms. The Morgan fingerprint density at radius 3 is 2.69 bits per heavy atom. The molecule has 0 bridgehead atoms. The minimum absolute atomic E-state index is 0. The van der Waals surface area contributed by atoms with Gasteiger partial charge in [0.25, 0.3) is 0 Å². The molecule has 4 aromatic rings. The predicted molar refractivity (Wildman–Crippen MR) is 127 cm³/mol. The lowest BCUT2D eigenvalue weighted by molar-refractivity contribution is 0.483. The van der Waals surface area contributed by atoms with E-state index in [4.69, 9.17) is 14.9 Å². The lowest BCUT2D eigenvalue weighted by atomic mass is 10.3. The van der Waals surface area contributed by atoms with Gasteiger partial charge in [-0.05, 0) is 35.7 Å². The summed E-state index contributed by atoms with van der Waals surface area (Å²) in [6.07, 6.45) is 1.60. The van der Waals surface area contributed by atoms with E-state index in [0.717, 1.165) is 16.3 Å². The van der Waals surface area contributed by atoms with Crippen molar-refractivity contribution < 1.29 is 9.15 Å². The number of nitrogens with two attached hydrogens (primary N) is 1. The van der Waals surface area contributed by atoms with Crippen LogP contribution < -0.4 is 15.8 Å². The number of aliphatic imine (C=N–C) groups is 1. The highest BCUT2D eigenvalue weighted by molar-refractivity contribution is 14.0. The molecule has 0 saturated carbocycles. The van der Waals surface area contributed by atoms with Gasteiger partial charge in [-0.1, -0.05) is 30.3 Å². The summed E-state index contributed by atoms with van der Waals surface area (Å²) >= 11 is 1.58. The van der Waals surface area contributed by atoms with Gasteiger partial charge in [-0.15, -0.1) is 35.3 Å². The van der Waals surface area contributed by atoms with Crippen molar-refractivity contribution >= 4 is 47.0 Å². The Hall–Kier alpha value is -2.85. The minimum Gasteiger partial charge on any atom is -0.457 e. The lowest BCUT2D eigenvalue weighted by Gasteiger charge is -2.09. The fourth-order valence-corrected chi connectivity index (χ4v) is 3.16. The maximum Gasteiger partial charge on any atom is 0.236 e. The third kappa shape index (κ3) is 5.81. The summed E-state index contributed by atoms with van der Waals surface area (Å²) in [5.74, 6) is 2.37. The summed E-state index contributed by atoms with van der Waals surface area (Å²) in [6.45, 7) is 0.327. The third-order valence-electron chi connectivity index (χ3n) is 3.78. The number of hydrogen-bond donors (Lipinski definition) is 2. The Bertz CT molecular complexity index is 1070. The van der Waals surface area contributed by atoms with Gasteiger partial charge in [-0.25, -0.2) is 9.98 Å². The van der Waals surface area contributed by atoms with Gasteiger partial charge in [0, 0.05) is 11.8 Å². The molecule has 0 fully saturated rings. The van der Waals surface area contributed by atoms with Gasteiger partial charge in [0.1, 0.15) is 23.5 Å². The van der Waals surface area contributed by atoms with E-state index in [2.05, 4.69) is 15.3 Å². The van der Waals surface area contributed by atoms with E-state index < -0.39 is 0 Å². The second-order valence-electron chi connectivity index (χ2n) is 5.89. The summed E-state index contributed by atoms with van der Waals surface area (Å²) in [7, 11) is 0. The average Bonchev–Trinajstić information content (AvgIpc) is 3.39. The number of oxazole rings is 1. The SMILES string of the molecule is I.NC(=NCc1coc(-c2cccs2)n1)Nc1cccc(Oc2ccccc2)c1. The Labute approximate surface area is 189 Å². The quantitative estimate of drug-likeness (QED) is 0.193. The van der Waals surface area contributed by atoms with E-state index >= 15 is 0 Å². The molecule has 8 heteroatoms. The molecule has 3 N–H and O–H groups in total. The number of thiophene rings is 1. The summed E-state index contributed by atoms with van der Waals surface area (Å²) in [4.78, 5) is 9.73. The summed E-state index contributed by atoms with van der Waals surface area (Å²) in [6, 6.07) is 21.0. The first-order chi connectivity index (χ1) is 13.8. The zero-order chi connectivity index (χ0) is 19.2. The summed E-state index contributed by atoms with van der Waals surface area (Å²) < 4.78 is 11.3. The fraction of sp³-hybridized carbons (Fsp3) is 0.0476. The molecule has 0 aliphatic rings.